The predicted molar refractivity (Wildman–Crippen MR) is 70.3 cm³/mol. The summed E-state index contributed by atoms with van der Waals surface area (Å²) in [7, 11) is 0. The van der Waals surface area contributed by atoms with Gasteiger partial charge in [-0.1, -0.05) is 35.5 Å². The Morgan fingerprint density at radius 1 is 1.37 bits per heavy atom. The molecule has 1 aromatic heterocycles. The first kappa shape index (κ1) is 13.0. The van der Waals surface area contributed by atoms with Gasteiger partial charge in [0.05, 0.1) is 0 Å². The molecule has 0 aliphatic carbocycles. The molecule has 2 aromatic rings. The summed E-state index contributed by atoms with van der Waals surface area (Å²) >= 11 is 0. The summed E-state index contributed by atoms with van der Waals surface area (Å²) in [4.78, 5) is 14.9. The number of carbonyl (C=O) groups excluding carboxylic acids is 1. The van der Waals surface area contributed by atoms with Crippen molar-refractivity contribution in [1.82, 2.24) is 10.1 Å². The zero-order chi connectivity index (χ0) is 13.7. The van der Waals surface area contributed by atoms with E-state index in [4.69, 9.17) is 10.3 Å². The van der Waals surface area contributed by atoms with E-state index >= 15 is 0 Å². The molecule has 5 heteroatoms. The molecule has 0 bridgehead atoms. The maximum Gasteiger partial charge on any atom is 0.236 e. The van der Waals surface area contributed by atoms with Crippen molar-refractivity contribution in [3.8, 4) is 0 Å². The molecular formula is C14H15N3O2. The Morgan fingerprint density at radius 2 is 2.11 bits per heavy atom. The third-order valence-corrected chi connectivity index (χ3v) is 2.67. The predicted octanol–water partition coefficient (Wildman–Crippen LogP) is 1.42. The van der Waals surface area contributed by atoms with Crippen molar-refractivity contribution in [3.05, 3.63) is 59.8 Å². The van der Waals surface area contributed by atoms with Crippen LogP contribution in [0, 0.1) is 0 Å². The lowest BCUT2D eigenvalue weighted by molar-refractivity contribution is -0.117. The Balaban J connectivity index is 2.14. The fourth-order valence-electron chi connectivity index (χ4n) is 1.84. The fraction of sp³-hybridized carbons (Fsp3) is 0.214. The quantitative estimate of drug-likeness (QED) is 0.793. The molecule has 98 valence electrons. The SMILES string of the molecule is C=CCc1ccccc1Cc1noc(CC(N)=O)n1. The number of hydrogen-bond acceptors (Lipinski definition) is 4. The molecule has 0 unspecified atom stereocenters. The van der Waals surface area contributed by atoms with Gasteiger partial charge in [0.2, 0.25) is 11.8 Å². The summed E-state index contributed by atoms with van der Waals surface area (Å²) in [5, 5.41) is 3.85. The van der Waals surface area contributed by atoms with Gasteiger partial charge in [-0.25, -0.2) is 0 Å². The van der Waals surface area contributed by atoms with Gasteiger partial charge in [-0.2, -0.15) is 4.98 Å². The Kier molecular flexibility index (Phi) is 4.07. The molecule has 2 N–H and O–H groups in total. The van der Waals surface area contributed by atoms with Crippen LogP contribution in [0.5, 0.6) is 0 Å². The van der Waals surface area contributed by atoms with Crippen LogP contribution in [-0.2, 0) is 24.1 Å². The zero-order valence-electron chi connectivity index (χ0n) is 10.5. The van der Waals surface area contributed by atoms with Crippen LogP contribution >= 0.6 is 0 Å². The van der Waals surface area contributed by atoms with Crippen LogP contribution in [0.2, 0.25) is 0 Å². The van der Waals surface area contributed by atoms with Crippen molar-refractivity contribution in [2.24, 2.45) is 5.73 Å². The molecule has 2 rings (SSSR count). The summed E-state index contributed by atoms with van der Waals surface area (Å²) in [5.74, 6) is 0.318. The first-order chi connectivity index (χ1) is 9.19. The highest BCUT2D eigenvalue weighted by molar-refractivity contribution is 5.75. The lowest BCUT2D eigenvalue weighted by Gasteiger charge is -2.04. The topological polar surface area (TPSA) is 82.0 Å². The Hall–Kier alpha value is -2.43. The number of nitrogens with zero attached hydrogens (tertiary/aromatic N) is 2. The molecule has 0 saturated heterocycles. The third kappa shape index (κ3) is 3.51. The van der Waals surface area contributed by atoms with Gasteiger partial charge in [0.25, 0.3) is 0 Å². The Morgan fingerprint density at radius 3 is 2.79 bits per heavy atom. The molecule has 0 saturated carbocycles. The van der Waals surface area contributed by atoms with Crippen LogP contribution in [-0.4, -0.2) is 16.0 Å². The van der Waals surface area contributed by atoms with E-state index in [2.05, 4.69) is 16.7 Å². The second kappa shape index (κ2) is 5.95. The molecular weight excluding hydrogens is 242 g/mol. The van der Waals surface area contributed by atoms with Crippen LogP contribution in [0.25, 0.3) is 0 Å². The number of hydrogen-bond donors (Lipinski definition) is 1. The lowest BCUT2D eigenvalue weighted by atomic mass is 10.0. The standard InChI is InChI=1S/C14H15N3O2/c1-2-5-10-6-3-4-7-11(10)8-13-16-14(19-17-13)9-12(15)18/h2-4,6-7H,1,5,8-9H2,(H2,15,18). The van der Waals surface area contributed by atoms with E-state index < -0.39 is 5.91 Å². The first-order valence-electron chi connectivity index (χ1n) is 5.96. The maximum absolute atomic E-state index is 10.8. The van der Waals surface area contributed by atoms with Gasteiger partial charge in [0.1, 0.15) is 6.42 Å². The Bertz CT molecular complexity index is 590. The smallest absolute Gasteiger partial charge is 0.236 e. The molecule has 0 atom stereocenters. The lowest BCUT2D eigenvalue weighted by Crippen LogP contribution is -2.13. The number of rotatable bonds is 6. The summed E-state index contributed by atoms with van der Waals surface area (Å²) in [6.07, 6.45) is 3.18. The van der Waals surface area contributed by atoms with Crippen molar-refractivity contribution in [2.45, 2.75) is 19.3 Å². The van der Waals surface area contributed by atoms with Crippen LogP contribution in [0.15, 0.2) is 41.4 Å². The second-order valence-corrected chi connectivity index (χ2v) is 4.19. The summed E-state index contributed by atoms with van der Waals surface area (Å²) in [6, 6.07) is 8.01. The molecule has 0 spiro atoms. The third-order valence-electron chi connectivity index (χ3n) is 2.67. The fourth-order valence-corrected chi connectivity index (χ4v) is 1.84. The van der Waals surface area contributed by atoms with Crippen LogP contribution < -0.4 is 5.73 Å². The number of allylic oxidation sites excluding steroid dienone is 1. The molecule has 0 radical (unpaired) electrons. The average molecular weight is 257 g/mol. The number of aromatic nitrogens is 2. The first-order valence-corrected chi connectivity index (χ1v) is 5.96. The van der Waals surface area contributed by atoms with Gasteiger partial charge < -0.3 is 10.3 Å². The molecule has 5 nitrogen and oxygen atoms in total. The van der Waals surface area contributed by atoms with Gasteiger partial charge in [0.15, 0.2) is 5.82 Å². The molecule has 1 aromatic carbocycles. The van der Waals surface area contributed by atoms with Crippen molar-refractivity contribution < 1.29 is 9.32 Å². The van der Waals surface area contributed by atoms with Crippen LogP contribution in [0.1, 0.15) is 22.8 Å². The number of amides is 1. The number of carbonyl (C=O) groups is 1. The molecule has 1 heterocycles. The van der Waals surface area contributed by atoms with E-state index in [1.807, 2.05) is 30.3 Å². The highest BCUT2D eigenvalue weighted by Crippen LogP contribution is 2.14. The monoisotopic (exact) mass is 257 g/mol. The largest absolute Gasteiger partial charge is 0.369 e. The minimum absolute atomic E-state index is 0.0265. The van der Waals surface area contributed by atoms with Crippen molar-refractivity contribution in [1.29, 1.82) is 0 Å². The minimum atomic E-state index is -0.484. The number of benzene rings is 1. The highest BCUT2D eigenvalue weighted by atomic mass is 16.5. The van der Waals surface area contributed by atoms with E-state index in [1.165, 1.54) is 5.56 Å². The van der Waals surface area contributed by atoms with E-state index in [1.54, 1.807) is 0 Å². The van der Waals surface area contributed by atoms with Crippen LogP contribution in [0.3, 0.4) is 0 Å². The van der Waals surface area contributed by atoms with Gasteiger partial charge in [-0.15, -0.1) is 6.58 Å². The maximum atomic E-state index is 10.8. The van der Waals surface area contributed by atoms with E-state index in [-0.39, 0.29) is 12.3 Å². The second-order valence-electron chi connectivity index (χ2n) is 4.19. The summed E-state index contributed by atoms with van der Waals surface area (Å²) < 4.78 is 4.97. The van der Waals surface area contributed by atoms with Crippen LogP contribution in [0.4, 0.5) is 0 Å². The van der Waals surface area contributed by atoms with Gasteiger partial charge in [-0.05, 0) is 17.5 Å². The van der Waals surface area contributed by atoms with Crippen molar-refractivity contribution in [2.75, 3.05) is 0 Å². The van der Waals surface area contributed by atoms with Gasteiger partial charge in [0, 0.05) is 6.42 Å². The van der Waals surface area contributed by atoms with Crippen molar-refractivity contribution in [3.63, 3.8) is 0 Å². The summed E-state index contributed by atoms with van der Waals surface area (Å²) in [6.45, 7) is 3.74. The van der Waals surface area contributed by atoms with Crippen molar-refractivity contribution >= 4 is 5.91 Å². The molecule has 0 aliphatic heterocycles. The zero-order valence-corrected chi connectivity index (χ0v) is 10.5. The average Bonchev–Trinajstić information content (AvgIpc) is 2.78. The number of primary amides is 1. The van der Waals surface area contributed by atoms with Gasteiger partial charge >= 0.3 is 0 Å². The highest BCUT2D eigenvalue weighted by Gasteiger charge is 2.10. The molecule has 19 heavy (non-hydrogen) atoms. The summed E-state index contributed by atoms with van der Waals surface area (Å²) in [5.41, 5.74) is 7.37. The minimum Gasteiger partial charge on any atom is -0.369 e. The molecule has 1 amide bonds. The molecule has 0 aliphatic rings. The Labute approximate surface area is 111 Å². The van der Waals surface area contributed by atoms with E-state index in [0.29, 0.717) is 12.2 Å². The number of nitrogens with two attached hydrogens (primary N) is 1. The van der Waals surface area contributed by atoms with E-state index in [9.17, 15) is 4.79 Å². The normalized spacial score (nSPS) is 10.3. The van der Waals surface area contributed by atoms with E-state index in [0.717, 1.165) is 12.0 Å². The van der Waals surface area contributed by atoms with Gasteiger partial charge in [-0.3, -0.25) is 4.79 Å². The molecule has 0 fully saturated rings.